The molecule has 0 aromatic heterocycles. The minimum Gasteiger partial charge on any atom is -0.463 e. The first-order chi connectivity index (χ1) is 51.2. The maximum atomic E-state index is 13.0. The smallest absolute Gasteiger partial charge is 0.463 e. The van der Waals surface area contributed by atoms with Crippen LogP contribution in [0.15, 0.2) is 146 Å². The van der Waals surface area contributed by atoms with E-state index in [1.165, 1.54) is 89.9 Å². The number of ether oxygens (including phenoxy) is 3. The Morgan fingerprint density at radius 3 is 0.800 bits per heavy atom. The topological polar surface area (TPSA) is 231 Å². The van der Waals surface area contributed by atoms with Crippen LogP contribution in [-0.2, 0) is 55.8 Å². The molecule has 0 aliphatic rings. The molecule has 0 spiro atoms. The minimum absolute atomic E-state index is 0.0842. The van der Waals surface area contributed by atoms with Gasteiger partial charge >= 0.3 is 33.6 Å². The number of phosphoric ester groups is 2. The van der Waals surface area contributed by atoms with E-state index >= 15 is 0 Å². The molecule has 0 aromatic rings. The quantitative estimate of drug-likeness (QED) is 0.0146. The first-order valence-electron chi connectivity index (χ1n) is 41.1. The third-order valence-corrected chi connectivity index (χ3v) is 18.9. The van der Waals surface area contributed by atoms with E-state index < -0.39 is 91.5 Å². The summed E-state index contributed by atoms with van der Waals surface area (Å²) in [5.41, 5.74) is 0. The second kappa shape index (κ2) is 79.0. The Kier molecular flexibility index (Phi) is 75.6. The normalized spacial score (nSPS) is 14.7. The third kappa shape index (κ3) is 80.3. The van der Waals surface area contributed by atoms with Crippen LogP contribution in [0.25, 0.3) is 0 Å². The lowest BCUT2D eigenvalue weighted by molar-refractivity contribution is -0.161. The van der Waals surface area contributed by atoms with Gasteiger partial charge < -0.3 is 34.2 Å². The standard InChI is InChI=1S/C87H148O16P2/c1-4-7-10-13-16-19-22-25-28-31-34-35-36-37-38-39-40-41-42-43-44-45-48-50-52-55-58-61-64-67-70-73-85(90)97-76-82(88)77-99-104(93,94)100-78-83(89)79-101-105(95,96)102-81-84(103-87(92)75-72-69-66-63-60-57-54-51-47-33-30-27-24-21-18-15-12-9-6-3)80-98-86(91)74-71-68-65-62-59-56-53-49-46-32-29-26-23-20-17-14-11-8-5-2/h7,10,16-21,25-30,34-35,37-38,40-41,46-47,49,51,82-84,88-89H,4-6,8-9,11-15,22-24,31-33,36,39,42-45,48,50,52-81H2,1-3H3,(H,93,94)(H,95,96)/b10-7-,19-16-,20-17-,21-18-,28-25-,29-26-,30-27-,35-34-,38-37-,41-40-,49-46-,51-47-. The lowest BCUT2D eigenvalue weighted by Gasteiger charge is -2.21. The number of rotatable bonds is 77. The van der Waals surface area contributed by atoms with Gasteiger partial charge in [0.2, 0.25) is 0 Å². The fourth-order valence-corrected chi connectivity index (χ4v) is 12.4. The van der Waals surface area contributed by atoms with Gasteiger partial charge in [0.05, 0.1) is 26.4 Å². The molecule has 0 rings (SSSR count). The van der Waals surface area contributed by atoms with E-state index in [9.17, 15) is 43.5 Å². The summed E-state index contributed by atoms with van der Waals surface area (Å²) in [5.74, 6) is -1.60. The van der Waals surface area contributed by atoms with Gasteiger partial charge in [-0.15, -0.1) is 0 Å². The zero-order valence-corrected chi connectivity index (χ0v) is 67.6. The van der Waals surface area contributed by atoms with E-state index in [-0.39, 0.29) is 19.3 Å². The number of hydrogen-bond acceptors (Lipinski definition) is 14. The summed E-state index contributed by atoms with van der Waals surface area (Å²) in [6.07, 6.45) is 97.4. The Labute approximate surface area is 638 Å². The summed E-state index contributed by atoms with van der Waals surface area (Å²) < 4.78 is 61.2. The molecule has 0 heterocycles. The highest BCUT2D eigenvalue weighted by Gasteiger charge is 2.29. The van der Waals surface area contributed by atoms with Crippen molar-refractivity contribution in [3.05, 3.63) is 146 Å². The van der Waals surface area contributed by atoms with Gasteiger partial charge in [-0.05, 0) is 148 Å². The van der Waals surface area contributed by atoms with Crippen LogP contribution < -0.4 is 0 Å². The number of carbonyl (C=O) groups excluding carboxylic acids is 3. The Morgan fingerprint density at radius 2 is 0.505 bits per heavy atom. The fraction of sp³-hybridized carbons (Fsp3) is 0.690. The van der Waals surface area contributed by atoms with Gasteiger partial charge in [0.15, 0.2) is 6.10 Å². The zero-order valence-electron chi connectivity index (χ0n) is 65.9. The Balaban J connectivity index is 4.57. The molecule has 0 radical (unpaired) electrons. The van der Waals surface area contributed by atoms with Crippen LogP contribution in [0, 0.1) is 0 Å². The summed E-state index contributed by atoms with van der Waals surface area (Å²) in [6, 6.07) is 0. The van der Waals surface area contributed by atoms with Crippen LogP contribution in [0.3, 0.4) is 0 Å². The highest BCUT2D eigenvalue weighted by atomic mass is 31.2. The van der Waals surface area contributed by atoms with Crippen LogP contribution in [0.2, 0.25) is 0 Å². The van der Waals surface area contributed by atoms with Crippen molar-refractivity contribution in [2.24, 2.45) is 0 Å². The molecular formula is C87H148O16P2. The molecule has 0 bridgehead atoms. The monoisotopic (exact) mass is 1510 g/mol. The molecule has 0 amide bonds. The van der Waals surface area contributed by atoms with Gasteiger partial charge in [0.1, 0.15) is 25.4 Å². The molecule has 0 aromatic carbocycles. The van der Waals surface area contributed by atoms with Gasteiger partial charge in [-0.2, -0.15) is 0 Å². The van der Waals surface area contributed by atoms with Crippen molar-refractivity contribution in [2.75, 3.05) is 39.6 Å². The van der Waals surface area contributed by atoms with E-state index in [2.05, 4.69) is 167 Å². The van der Waals surface area contributed by atoms with Crippen molar-refractivity contribution in [1.82, 2.24) is 0 Å². The van der Waals surface area contributed by atoms with Crippen LogP contribution in [0.1, 0.15) is 329 Å². The number of carbonyl (C=O) groups is 3. The van der Waals surface area contributed by atoms with Crippen LogP contribution in [0.5, 0.6) is 0 Å². The van der Waals surface area contributed by atoms with Crippen molar-refractivity contribution >= 4 is 33.6 Å². The van der Waals surface area contributed by atoms with Gasteiger partial charge in [0.25, 0.3) is 0 Å². The number of aliphatic hydroxyl groups is 2. The molecule has 602 valence electrons. The molecular weight excluding hydrogens is 1360 g/mol. The van der Waals surface area contributed by atoms with Gasteiger partial charge in [-0.25, -0.2) is 9.13 Å². The van der Waals surface area contributed by atoms with Crippen molar-refractivity contribution in [3.8, 4) is 0 Å². The highest BCUT2D eigenvalue weighted by Crippen LogP contribution is 2.45. The van der Waals surface area contributed by atoms with Crippen LogP contribution in [-0.4, -0.2) is 95.9 Å². The Morgan fingerprint density at radius 1 is 0.276 bits per heavy atom. The highest BCUT2D eigenvalue weighted by molar-refractivity contribution is 7.47. The summed E-state index contributed by atoms with van der Waals surface area (Å²) in [7, 11) is -9.81. The molecule has 0 aliphatic carbocycles. The Hall–Kier alpha value is -4.57. The molecule has 0 fully saturated rings. The molecule has 4 N–H and O–H groups in total. The van der Waals surface area contributed by atoms with E-state index in [1.807, 2.05) is 0 Å². The van der Waals surface area contributed by atoms with E-state index in [4.69, 9.17) is 32.3 Å². The fourth-order valence-electron chi connectivity index (χ4n) is 10.8. The van der Waals surface area contributed by atoms with Crippen LogP contribution in [0.4, 0.5) is 0 Å². The molecule has 0 saturated heterocycles. The van der Waals surface area contributed by atoms with Crippen molar-refractivity contribution in [1.29, 1.82) is 0 Å². The van der Waals surface area contributed by atoms with Gasteiger partial charge in [0, 0.05) is 19.3 Å². The Bertz CT molecular complexity index is 2490. The maximum Gasteiger partial charge on any atom is 0.472 e. The van der Waals surface area contributed by atoms with Gasteiger partial charge in [-0.3, -0.25) is 32.5 Å². The number of phosphoric acid groups is 2. The molecule has 5 atom stereocenters. The third-order valence-electron chi connectivity index (χ3n) is 17.0. The van der Waals surface area contributed by atoms with Crippen molar-refractivity contribution in [2.45, 2.75) is 347 Å². The lowest BCUT2D eigenvalue weighted by Crippen LogP contribution is -2.30. The molecule has 16 nitrogen and oxygen atoms in total. The molecule has 0 saturated carbocycles. The molecule has 105 heavy (non-hydrogen) atoms. The van der Waals surface area contributed by atoms with Gasteiger partial charge in [-0.1, -0.05) is 308 Å². The van der Waals surface area contributed by atoms with E-state index in [0.29, 0.717) is 19.3 Å². The summed E-state index contributed by atoms with van der Waals surface area (Å²) >= 11 is 0. The average Bonchev–Trinajstić information content (AvgIpc) is 0.915. The second-order valence-electron chi connectivity index (χ2n) is 27.2. The molecule has 0 aliphatic heterocycles. The van der Waals surface area contributed by atoms with Crippen molar-refractivity contribution < 1.29 is 75.8 Å². The van der Waals surface area contributed by atoms with E-state index in [0.717, 1.165) is 180 Å². The summed E-state index contributed by atoms with van der Waals surface area (Å²) in [6.45, 7) is 2.50. The number of esters is 3. The predicted octanol–water partition coefficient (Wildman–Crippen LogP) is 24.4. The number of hydrogen-bond donors (Lipinski definition) is 4. The van der Waals surface area contributed by atoms with E-state index in [1.54, 1.807) is 0 Å². The minimum atomic E-state index is -4.94. The van der Waals surface area contributed by atoms with Crippen molar-refractivity contribution in [3.63, 3.8) is 0 Å². The largest absolute Gasteiger partial charge is 0.472 e. The lowest BCUT2D eigenvalue weighted by atomic mass is 10.0. The molecule has 5 unspecified atom stereocenters. The van der Waals surface area contributed by atoms with Crippen LogP contribution >= 0.6 is 15.6 Å². The maximum absolute atomic E-state index is 13.0. The SMILES string of the molecule is CC/C=C\C/C=C\C/C=C\C/C=C\C/C=C\C/C=C\CCCCCCCCCCCCCCC(=O)OCC(O)COP(=O)(O)OCC(O)COP(=O)(O)OCC(COC(=O)CCCCCCCC/C=C\C/C=C\C/C=C\CCCCC)OC(=O)CCCCCCCC/C=C\C/C=C\C/C=C\CCCCC. The first-order valence-corrected chi connectivity index (χ1v) is 44.1. The number of unbranched alkanes of at least 4 members (excludes halogenated alkanes) is 30. The second-order valence-corrected chi connectivity index (χ2v) is 30.1. The number of aliphatic hydroxyl groups excluding tert-OH is 2. The summed E-state index contributed by atoms with van der Waals surface area (Å²) in [5, 5.41) is 20.7. The number of allylic oxidation sites excluding steroid dienone is 24. The molecule has 18 heteroatoms. The zero-order chi connectivity index (χ0) is 76.6. The first kappa shape index (κ1) is 100. The average molecular weight is 1510 g/mol. The summed E-state index contributed by atoms with van der Waals surface area (Å²) in [4.78, 5) is 58.7. The predicted molar refractivity (Wildman–Crippen MR) is 436 cm³/mol.